The van der Waals surface area contributed by atoms with E-state index in [1.807, 2.05) is 63.2 Å². The minimum atomic E-state index is -0.313. The first kappa shape index (κ1) is 19.0. The van der Waals surface area contributed by atoms with Gasteiger partial charge in [0.05, 0.1) is 10.2 Å². The fraction of sp³-hybridized carbons (Fsp3) is 0.190. The Labute approximate surface area is 167 Å². The summed E-state index contributed by atoms with van der Waals surface area (Å²) < 4.78 is 1.68. The molecule has 27 heavy (non-hydrogen) atoms. The van der Waals surface area contributed by atoms with Gasteiger partial charge in [0.15, 0.2) is 3.95 Å². The molecule has 3 rings (SSSR count). The maximum Gasteiger partial charge on any atom is 0.269 e. The van der Waals surface area contributed by atoms with Crippen LogP contribution in [0.4, 0.5) is 5.69 Å². The summed E-state index contributed by atoms with van der Waals surface area (Å²) in [5, 5.41) is 9.58. The normalized spacial score (nSPS) is 11.6. The monoisotopic (exact) mass is 393 g/mol. The molecule has 0 aliphatic rings. The van der Waals surface area contributed by atoms with E-state index < -0.39 is 0 Å². The molecule has 0 unspecified atom stereocenters. The molecule has 1 N–H and O–H groups in total. The molecule has 1 heterocycles. The summed E-state index contributed by atoms with van der Waals surface area (Å²) in [5.41, 5.74) is 3.75. The number of carbonyl (C=O) groups is 1. The number of fused-ring (bicyclic) bond motifs is 1. The van der Waals surface area contributed by atoms with Crippen LogP contribution in [-0.2, 0) is 4.79 Å². The Morgan fingerprint density at radius 1 is 1.26 bits per heavy atom. The summed E-state index contributed by atoms with van der Waals surface area (Å²) >= 11 is 6.66. The van der Waals surface area contributed by atoms with Crippen molar-refractivity contribution in [3.63, 3.8) is 0 Å². The third-order valence-electron chi connectivity index (χ3n) is 4.16. The summed E-state index contributed by atoms with van der Waals surface area (Å²) in [7, 11) is 0. The molecule has 0 atom stereocenters. The van der Waals surface area contributed by atoms with Crippen LogP contribution in [0.15, 0.2) is 48.0 Å². The van der Waals surface area contributed by atoms with Gasteiger partial charge in [0.2, 0.25) is 0 Å². The lowest BCUT2D eigenvalue weighted by atomic mass is 10.1. The van der Waals surface area contributed by atoms with E-state index in [2.05, 4.69) is 11.1 Å². The minimum Gasteiger partial charge on any atom is -0.337 e. The first-order valence-corrected chi connectivity index (χ1v) is 9.76. The van der Waals surface area contributed by atoms with Crippen molar-refractivity contribution >= 4 is 51.4 Å². The van der Waals surface area contributed by atoms with Gasteiger partial charge in [-0.25, -0.2) is 0 Å². The number of nitrogens with zero attached hydrogens (tertiary/aromatic N) is 2. The number of carbonyl (C=O) groups excluding carboxylic acids is 1. The molecular formula is C21H19N3OS2. The lowest BCUT2D eigenvalue weighted by Gasteiger charge is -2.26. The van der Waals surface area contributed by atoms with Crippen LogP contribution in [-0.4, -0.2) is 16.9 Å². The molecule has 0 saturated heterocycles. The predicted octanol–water partition coefficient (Wildman–Crippen LogP) is 5.62. The molecule has 0 spiro atoms. The topological polar surface area (TPSA) is 59.9 Å². The average Bonchev–Trinajstić information content (AvgIpc) is 3.00. The van der Waals surface area contributed by atoms with Crippen molar-refractivity contribution in [2.45, 2.75) is 26.8 Å². The number of nitriles is 1. The van der Waals surface area contributed by atoms with Crippen LogP contribution in [0.5, 0.6) is 0 Å². The zero-order valence-electron chi connectivity index (χ0n) is 15.3. The van der Waals surface area contributed by atoms with Gasteiger partial charge in [-0.15, -0.1) is 11.3 Å². The smallest absolute Gasteiger partial charge is 0.269 e. The van der Waals surface area contributed by atoms with Gasteiger partial charge >= 0.3 is 0 Å². The van der Waals surface area contributed by atoms with Gasteiger partial charge in [-0.3, -0.25) is 4.79 Å². The molecule has 3 aromatic rings. The highest BCUT2D eigenvalue weighted by molar-refractivity contribution is 7.73. The summed E-state index contributed by atoms with van der Waals surface area (Å²) in [6.07, 6.45) is 1.63. The number of nitrogens with one attached hydrogen (secondary N) is 1. The summed E-state index contributed by atoms with van der Waals surface area (Å²) in [4.78, 5) is 17.9. The molecule has 0 radical (unpaired) electrons. The van der Waals surface area contributed by atoms with Crippen molar-refractivity contribution < 1.29 is 4.79 Å². The summed E-state index contributed by atoms with van der Waals surface area (Å²) in [6, 6.07) is 15.4. The Morgan fingerprint density at radius 2 is 1.96 bits per heavy atom. The molecule has 1 aromatic heterocycles. The van der Waals surface area contributed by atoms with Crippen molar-refractivity contribution in [2.75, 3.05) is 4.90 Å². The van der Waals surface area contributed by atoms with Crippen molar-refractivity contribution in [1.82, 2.24) is 4.98 Å². The third kappa shape index (κ3) is 4.16. The maximum atomic E-state index is 13.1. The van der Waals surface area contributed by atoms with E-state index in [4.69, 9.17) is 12.2 Å². The SMILES string of the molecule is Cc1ccc(/C=C(/C#N)C(=O)N(c2ccc3[nH]c(=S)sc3c2)C(C)C)cc1. The van der Waals surface area contributed by atoms with E-state index in [-0.39, 0.29) is 17.5 Å². The second-order valence-corrected chi connectivity index (χ2v) is 8.26. The number of thiazole rings is 1. The molecule has 2 aromatic carbocycles. The molecule has 6 heteroatoms. The first-order chi connectivity index (χ1) is 12.9. The van der Waals surface area contributed by atoms with Crippen LogP contribution in [0.3, 0.4) is 0 Å². The van der Waals surface area contributed by atoms with E-state index in [9.17, 15) is 10.1 Å². The molecule has 1 amide bonds. The van der Waals surface area contributed by atoms with E-state index in [1.54, 1.807) is 11.0 Å². The highest BCUT2D eigenvalue weighted by atomic mass is 32.1. The van der Waals surface area contributed by atoms with E-state index in [0.29, 0.717) is 3.95 Å². The maximum absolute atomic E-state index is 13.1. The second kappa shape index (κ2) is 7.87. The van der Waals surface area contributed by atoms with E-state index >= 15 is 0 Å². The van der Waals surface area contributed by atoms with Crippen LogP contribution in [0.25, 0.3) is 16.3 Å². The number of hydrogen-bond donors (Lipinski definition) is 1. The van der Waals surface area contributed by atoms with Crippen LogP contribution in [0, 0.1) is 22.2 Å². The number of rotatable bonds is 4. The number of hydrogen-bond acceptors (Lipinski definition) is 4. The molecule has 136 valence electrons. The molecule has 0 aliphatic carbocycles. The lowest BCUT2D eigenvalue weighted by Crippen LogP contribution is -2.37. The predicted molar refractivity (Wildman–Crippen MR) is 114 cm³/mol. The first-order valence-electron chi connectivity index (χ1n) is 8.54. The molecule has 0 bridgehead atoms. The van der Waals surface area contributed by atoms with Crippen LogP contribution >= 0.6 is 23.6 Å². The van der Waals surface area contributed by atoms with Crippen LogP contribution in [0.2, 0.25) is 0 Å². The van der Waals surface area contributed by atoms with Gasteiger partial charge in [-0.2, -0.15) is 5.26 Å². The molecular weight excluding hydrogens is 374 g/mol. The van der Waals surface area contributed by atoms with Gasteiger partial charge in [0, 0.05) is 11.7 Å². The molecule has 0 saturated carbocycles. The van der Waals surface area contributed by atoms with Crippen molar-refractivity contribution in [1.29, 1.82) is 5.26 Å². The van der Waals surface area contributed by atoms with Gasteiger partial charge < -0.3 is 9.88 Å². The lowest BCUT2D eigenvalue weighted by molar-refractivity contribution is -0.115. The number of amides is 1. The van der Waals surface area contributed by atoms with Crippen LogP contribution in [0.1, 0.15) is 25.0 Å². The number of benzene rings is 2. The Bertz CT molecular complexity index is 1110. The number of H-pyrrole nitrogens is 1. The summed E-state index contributed by atoms with van der Waals surface area (Å²) in [6.45, 7) is 5.86. The van der Waals surface area contributed by atoms with E-state index in [1.165, 1.54) is 11.3 Å². The second-order valence-electron chi connectivity index (χ2n) is 6.54. The fourth-order valence-electron chi connectivity index (χ4n) is 2.83. The summed E-state index contributed by atoms with van der Waals surface area (Å²) in [5.74, 6) is -0.313. The minimum absolute atomic E-state index is 0.100. The Morgan fingerprint density at radius 3 is 2.59 bits per heavy atom. The zero-order chi connectivity index (χ0) is 19.6. The van der Waals surface area contributed by atoms with Crippen molar-refractivity contribution in [3.05, 3.63) is 63.1 Å². The van der Waals surface area contributed by atoms with Gasteiger partial charge in [-0.05, 0) is 62.8 Å². The fourth-order valence-corrected chi connectivity index (χ4v) is 3.98. The van der Waals surface area contributed by atoms with Gasteiger partial charge in [-0.1, -0.05) is 29.8 Å². The Balaban J connectivity index is 2.01. The molecule has 4 nitrogen and oxygen atoms in total. The Kier molecular flexibility index (Phi) is 5.54. The molecule has 0 aliphatic heterocycles. The highest BCUT2D eigenvalue weighted by Gasteiger charge is 2.23. The quantitative estimate of drug-likeness (QED) is 0.356. The van der Waals surface area contributed by atoms with Gasteiger partial charge in [0.1, 0.15) is 11.6 Å². The zero-order valence-corrected chi connectivity index (χ0v) is 16.9. The van der Waals surface area contributed by atoms with E-state index in [0.717, 1.165) is 27.0 Å². The van der Waals surface area contributed by atoms with Crippen LogP contribution < -0.4 is 4.90 Å². The highest BCUT2D eigenvalue weighted by Crippen LogP contribution is 2.28. The van der Waals surface area contributed by atoms with Gasteiger partial charge in [0.25, 0.3) is 5.91 Å². The Hall–Kier alpha value is -2.75. The number of aromatic nitrogens is 1. The van der Waals surface area contributed by atoms with Crippen molar-refractivity contribution in [3.8, 4) is 6.07 Å². The molecule has 0 fully saturated rings. The number of anilines is 1. The average molecular weight is 394 g/mol. The number of aromatic amines is 1. The number of aryl methyl sites for hydroxylation is 1. The third-order valence-corrected chi connectivity index (χ3v) is 5.35. The largest absolute Gasteiger partial charge is 0.337 e. The van der Waals surface area contributed by atoms with Crippen molar-refractivity contribution in [2.24, 2.45) is 0 Å². The standard InChI is InChI=1S/C21H19N3OS2/c1-13(2)24(17-8-9-18-19(11-17)27-21(26)23-18)20(25)16(12-22)10-15-6-4-14(3)5-7-15/h4-11,13H,1-3H3,(H,23,26)/b16-10-.